The highest BCUT2D eigenvalue weighted by atomic mass is 79.9. The Balaban J connectivity index is 1.98. The molecule has 106 valence electrons. The molecule has 2 aromatic carbocycles. The number of anilines is 1. The van der Waals surface area contributed by atoms with Gasteiger partial charge in [-0.2, -0.15) is 0 Å². The number of rotatable bonds is 2. The van der Waals surface area contributed by atoms with Crippen molar-refractivity contribution in [1.29, 1.82) is 0 Å². The van der Waals surface area contributed by atoms with Gasteiger partial charge in [0.15, 0.2) is 0 Å². The van der Waals surface area contributed by atoms with Crippen molar-refractivity contribution in [2.45, 2.75) is 6.92 Å². The summed E-state index contributed by atoms with van der Waals surface area (Å²) in [5.41, 5.74) is 1.88. The predicted molar refractivity (Wildman–Crippen MR) is 93.7 cm³/mol. The first-order chi connectivity index (χ1) is 10.1. The average Bonchev–Trinajstić information content (AvgIpc) is 2.78. The summed E-state index contributed by atoms with van der Waals surface area (Å²) in [5.74, 6) is -0.189. The van der Waals surface area contributed by atoms with Crippen molar-refractivity contribution in [1.82, 2.24) is 0 Å². The van der Waals surface area contributed by atoms with Gasteiger partial charge in [0.2, 0.25) is 0 Å². The highest BCUT2D eigenvalue weighted by Gasteiger charge is 2.17. The third-order valence-electron chi connectivity index (χ3n) is 3.11. The number of carbonyl (C=O) groups is 1. The molecule has 0 unspecified atom stereocenters. The number of para-hydroxylation sites is 1. The summed E-state index contributed by atoms with van der Waals surface area (Å²) < 4.78 is 1.86. The van der Waals surface area contributed by atoms with Gasteiger partial charge in [0.05, 0.1) is 10.7 Å². The van der Waals surface area contributed by atoms with Gasteiger partial charge < -0.3 is 5.32 Å². The molecular weight excluding hydrogens is 370 g/mol. The Morgan fingerprint density at radius 2 is 2.00 bits per heavy atom. The van der Waals surface area contributed by atoms with Crippen LogP contribution in [0.5, 0.6) is 0 Å². The van der Waals surface area contributed by atoms with Crippen LogP contribution in [-0.2, 0) is 0 Å². The molecule has 1 amide bonds. The Morgan fingerprint density at radius 3 is 2.76 bits per heavy atom. The molecule has 2 nitrogen and oxygen atoms in total. The number of hydrogen-bond acceptors (Lipinski definition) is 2. The van der Waals surface area contributed by atoms with Crippen LogP contribution < -0.4 is 5.32 Å². The largest absolute Gasteiger partial charge is 0.320 e. The van der Waals surface area contributed by atoms with Gasteiger partial charge in [0, 0.05) is 14.6 Å². The summed E-state index contributed by atoms with van der Waals surface area (Å²) in [5, 5.41) is 4.32. The molecule has 0 atom stereocenters. The number of benzene rings is 2. The van der Waals surface area contributed by atoms with E-state index in [1.165, 1.54) is 11.3 Å². The standard InChI is InChI=1S/C16H11BrClNOS/c1-9-6-7-10-13(8-9)21-15(14(10)18)16(20)19-12-5-3-2-4-11(12)17/h2-8H,1H3,(H,19,20). The van der Waals surface area contributed by atoms with E-state index in [1.807, 2.05) is 49.4 Å². The fourth-order valence-corrected chi connectivity index (χ4v) is 3.95. The van der Waals surface area contributed by atoms with Crippen molar-refractivity contribution in [2.75, 3.05) is 5.32 Å². The van der Waals surface area contributed by atoms with E-state index in [2.05, 4.69) is 21.2 Å². The smallest absolute Gasteiger partial charge is 0.267 e. The monoisotopic (exact) mass is 379 g/mol. The van der Waals surface area contributed by atoms with Crippen molar-refractivity contribution in [2.24, 2.45) is 0 Å². The minimum atomic E-state index is -0.189. The number of fused-ring (bicyclic) bond motifs is 1. The SMILES string of the molecule is Cc1ccc2c(Cl)c(C(=O)Nc3ccccc3Br)sc2c1. The summed E-state index contributed by atoms with van der Waals surface area (Å²) in [7, 11) is 0. The van der Waals surface area contributed by atoms with Crippen LogP contribution in [0.15, 0.2) is 46.9 Å². The van der Waals surface area contributed by atoms with Gasteiger partial charge in [-0.3, -0.25) is 4.79 Å². The van der Waals surface area contributed by atoms with Crippen molar-refractivity contribution in [3.8, 4) is 0 Å². The zero-order chi connectivity index (χ0) is 15.0. The van der Waals surface area contributed by atoms with Crippen molar-refractivity contribution < 1.29 is 4.79 Å². The first-order valence-electron chi connectivity index (χ1n) is 6.31. The zero-order valence-electron chi connectivity index (χ0n) is 11.1. The van der Waals surface area contributed by atoms with Gasteiger partial charge >= 0.3 is 0 Å². The van der Waals surface area contributed by atoms with Crippen LogP contribution in [0, 0.1) is 6.92 Å². The molecule has 5 heteroatoms. The Morgan fingerprint density at radius 1 is 1.24 bits per heavy atom. The van der Waals surface area contributed by atoms with Crippen LogP contribution >= 0.6 is 38.9 Å². The number of aryl methyl sites for hydroxylation is 1. The van der Waals surface area contributed by atoms with E-state index in [1.54, 1.807) is 0 Å². The fourth-order valence-electron chi connectivity index (χ4n) is 2.06. The Bertz CT molecular complexity index is 843. The highest BCUT2D eigenvalue weighted by Crippen LogP contribution is 2.36. The second-order valence-electron chi connectivity index (χ2n) is 4.68. The van der Waals surface area contributed by atoms with Crippen LogP contribution in [0.4, 0.5) is 5.69 Å². The summed E-state index contributed by atoms with van der Waals surface area (Å²) in [6.45, 7) is 2.02. The molecule has 0 aliphatic heterocycles. The summed E-state index contributed by atoms with van der Waals surface area (Å²) >= 11 is 11.2. The molecule has 21 heavy (non-hydrogen) atoms. The van der Waals surface area contributed by atoms with E-state index in [-0.39, 0.29) is 5.91 Å². The molecule has 0 saturated heterocycles. The number of nitrogens with one attached hydrogen (secondary N) is 1. The molecule has 0 fully saturated rings. The Labute approximate surface area is 139 Å². The van der Waals surface area contributed by atoms with Crippen LogP contribution in [0.1, 0.15) is 15.2 Å². The van der Waals surface area contributed by atoms with Gasteiger partial charge in [-0.05, 0) is 46.6 Å². The lowest BCUT2D eigenvalue weighted by atomic mass is 10.2. The minimum Gasteiger partial charge on any atom is -0.320 e. The molecule has 3 rings (SSSR count). The van der Waals surface area contributed by atoms with E-state index in [9.17, 15) is 4.79 Å². The normalized spacial score (nSPS) is 10.8. The van der Waals surface area contributed by atoms with Crippen molar-refractivity contribution in [3.05, 3.63) is 62.4 Å². The lowest BCUT2D eigenvalue weighted by molar-refractivity contribution is 0.103. The summed E-state index contributed by atoms with van der Waals surface area (Å²) in [6, 6.07) is 13.5. The highest BCUT2D eigenvalue weighted by molar-refractivity contribution is 9.10. The number of amides is 1. The first-order valence-corrected chi connectivity index (χ1v) is 8.29. The summed E-state index contributed by atoms with van der Waals surface area (Å²) in [6.07, 6.45) is 0. The molecular formula is C16H11BrClNOS. The molecule has 3 aromatic rings. The van der Waals surface area contributed by atoms with Gasteiger partial charge in [0.1, 0.15) is 4.88 Å². The van der Waals surface area contributed by atoms with Gasteiger partial charge in [-0.25, -0.2) is 0 Å². The van der Waals surface area contributed by atoms with E-state index in [0.29, 0.717) is 9.90 Å². The topological polar surface area (TPSA) is 29.1 Å². The van der Waals surface area contributed by atoms with Crippen LogP contribution in [0.2, 0.25) is 5.02 Å². The Hall–Kier alpha value is -1.36. The van der Waals surface area contributed by atoms with Gasteiger partial charge in [-0.1, -0.05) is 35.9 Å². The molecule has 1 aromatic heterocycles. The van der Waals surface area contributed by atoms with Gasteiger partial charge in [-0.15, -0.1) is 11.3 Å². The minimum absolute atomic E-state index is 0.189. The molecule has 0 radical (unpaired) electrons. The van der Waals surface area contributed by atoms with E-state index in [0.717, 1.165) is 25.8 Å². The van der Waals surface area contributed by atoms with Crippen LogP contribution in [-0.4, -0.2) is 5.91 Å². The fraction of sp³-hybridized carbons (Fsp3) is 0.0625. The lowest BCUT2D eigenvalue weighted by Gasteiger charge is -2.05. The molecule has 0 aliphatic rings. The molecule has 0 spiro atoms. The van der Waals surface area contributed by atoms with Crippen LogP contribution in [0.3, 0.4) is 0 Å². The van der Waals surface area contributed by atoms with Crippen molar-refractivity contribution in [3.63, 3.8) is 0 Å². The van der Waals surface area contributed by atoms with E-state index >= 15 is 0 Å². The summed E-state index contributed by atoms with van der Waals surface area (Å²) in [4.78, 5) is 13.0. The third-order valence-corrected chi connectivity index (χ3v) is 5.46. The molecule has 1 N–H and O–H groups in total. The first kappa shape index (κ1) is 14.6. The van der Waals surface area contributed by atoms with Crippen LogP contribution in [0.25, 0.3) is 10.1 Å². The molecule has 0 aliphatic carbocycles. The molecule has 0 bridgehead atoms. The quantitative estimate of drug-likeness (QED) is 0.591. The van der Waals surface area contributed by atoms with E-state index in [4.69, 9.17) is 11.6 Å². The zero-order valence-corrected chi connectivity index (χ0v) is 14.3. The second-order valence-corrected chi connectivity index (χ2v) is 6.96. The number of hydrogen-bond donors (Lipinski definition) is 1. The number of thiophene rings is 1. The van der Waals surface area contributed by atoms with E-state index < -0.39 is 0 Å². The van der Waals surface area contributed by atoms with Gasteiger partial charge in [0.25, 0.3) is 5.91 Å². The Kier molecular flexibility index (Phi) is 4.02. The molecule has 0 saturated carbocycles. The maximum absolute atomic E-state index is 12.4. The maximum Gasteiger partial charge on any atom is 0.267 e. The number of carbonyl (C=O) groups excluding carboxylic acids is 1. The lowest BCUT2D eigenvalue weighted by Crippen LogP contribution is -2.10. The predicted octanol–water partition coefficient (Wildman–Crippen LogP) is 5.88. The molecule has 1 heterocycles. The van der Waals surface area contributed by atoms with Crippen molar-refractivity contribution >= 4 is 60.5 Å². The average molecular weight is 381 g/mol. The third kappa shape index (κ3) is 2.84. The second kappa shape index (κ2) is 5.79. The maximum atomic E-state index is 12.4. The number of halogens is 2.